The molecule has 5 heteroatoms. The highest BCUT2D eigenvalue weighted by Gasteiger charge is 2.13. The lowest BCUT2D eigenvalue weighted by molar-refractivity contribution is 0.0602. The Morgan fingerprint density at radius 1 is 1.44 bits per heavy atom. The normalized spacial score (nSPS) is 9.56. The van der Waals surface area contributed by atoms with Gasteiger partial charge in [-0.05, 0) is 29.6 Å². The summed E-state index contributed by atoms with van der Waals surface area (Å²) in [5.74, 6) is -0.379. The first-order valence-corrected chi connectivity index (χ1v) is 6.05. The Kier molecular flexibility index (Phi) is 3.60. The zero-order chi connectivity index (χ0) is 13.0. The number of carbonyl (C=O) groups is 1. The maximum atomic E-state index is 11.5. The molecule has 2 aromatic rings. The van der Waals surface area contributed by atoms with Crippen molar-refractivity contribution in [3.8, 4) is 6.07 Å². The van der Waals surface area contributed by atoms with E-state index in [0.29, 0.717) is 16.1 Å². The number of methoxy groups -OCH3 is 1. The summed E-state index contributed by atoms with van der Waals surface area (Å²) in [4.78, 5) is 11.5. The first-order valence-electron chi connectivity index (χ1n) is 5.17. The lowest BCUT2D eigenvalue weighted by Gasteiger charge is -2.06. The largest absolute Gasteiger partial charge is 0.465 e. The number of hydrogen-bond donors (Lipinski definition) is 1. The molecule has 0 fully saturated rings. The maximum absolute atomic E-state index is 11.5. The van der Waals surface area contributed by atoms with Crippen LogP contribution in [0.25, 0.3) is 0 Å². The third kappa shape index (κ3) is 2.50. The van der Waals surface area contributed by atoms with Crippen LogP contribution in [0, 0.1) is 11.3 Å². The summed E-state index contributed by atoms with van der Waals surface area (Å²) in [7, 11) is 1.35. The number of thiophene rings is 1. The molecule has 0 saturated heterocycles. The summed E-state index contributed by atoms with van der Waals surface area (Å²) in [6, 6.07) is 10.8. The Hall–Kier alpha value is -2.32. The van der Waals surface area contributed by atoms with Gasteiger partial charge in [0.1, 0.15) is 5.00 Å². The zero-order valence-electron chi connectivity index (χ0n) is 9.64. The van der Waals surface area contributed by atoms with Crippen molar-refractivity contribution in [3.63, 3.8) is 0 Å². The Balaban J connectivity index is 2.26. The molecule has 0 unspecified atom stereocenters. The van der Waals surface area contributed by atoms with Crippen LogP contribution in [0.1, 0.15) is 15.9 Å². The quantitative estimate of drug-likeness (QED) is 0.859. The van der Waals surface area contributed by atoms with Gasteiger partial charge >= 0.3 is 5.97 Å². The predicted octanol–water partition coefficient (Wildman–Crippen LogP) is 3.15. The smallest absolute Gasteiger partial charge is 0.340 e. The number of anilines is 2. The number of hydrogen-bond acceptors (Lipinski definition) is 5. The maximum Gasteiger partial charge on any atom is 0.340 e. The topological polar surface area (TPSA) is 62.1 Å². The number of nitriles is 1. The second-order valence-corrected chi connectivity index (χ2v) is 4.39. The first-order chi connectivity index (χ1) is 8.74. The van der Waals surface area contributed by atoms with Gasteiger partial charge in [0.25, 0.3) is 0 Å². The van der Waals surface area contributed by atoms with Crippen LogP contribution >= 0.6 is 11.3 Å². The van der Waals surface area contributed by atoms with Gasteiger partial charge in [0, 0.05) is 5.69 Å². The molecule has 18 heavy (non-hydrogen) atoms. The van der Waals surface area contributed by atoms with Crippen molar-refractivity contribution < 1.29 is 9.53 Å². The molecule has 0 atom stereocenters. The van der Waals surface area contributed by atoms with Crippen molar-refractivity contribution in [2.24, 2.45) is 0 Å². The van der Waals surface area contributed by atoms with E-state index in [0.717, 1.165) is 5.69 Å². The molecular weight excluding hydrogens is 248 g/mol. The lowest BCUT2D eigenvalue weighted by Crippen LogP contribution is -2.02. The summed E-state index contributed by atoms with van der Waals surface area (Å²) in [5, 5.41) is 14.4. The minimum atomic E-state index is -0.379. The average Bonchev–Trinajstić information content (AvgIpc) is 2.86. The molecule has 1 N–H and O–H groups in total. The lowest BCUT2D eigenvalue weighted by atomic mass is 10.2. The van der Waals surface area contributed by atoms with Gasteiger partial charge in [-0.25, -0.2) is 4.79 Å². The van der Waals surface area contributed by atoms with Crippen LogP contribution in [0.3, 0.4) is 0 Å². The number of ether oxygens (including phenoxy) is 1. The van der Waals surface area contributed by atoms with Crippen LogP contribution in [0.5, 0.6) is 0 Å². The Labute approximate surface area is 108 Å². The highest BCUT2D eigenvalue weighted by molar-refractivity contribution is 7.14. The summed E-state index contributed by atoms with van der Waals surface area (Å²) in [6.07, 6.45) is 0. The first kappa shape index (κ1) is 12.1. The SMILES string of the molecule is COC(=O)c1ccsc1Nc1cccc(C#N)c1. The van der Waals surface area contributed by atoms with Crippen molar-refractivity contribution in [2.75, 3.05) is 12.4 Å². The summed E-state index contributed by atoms with van der Waals surface area (Å²) >= 11 is 1.41. The van der Waals surface area contributed by atoms with Crippen LogP contribution in [0.4, 0.5) is 10.7 Å². The molecule has 1 aromatic heterocycles. The Morgan fingerprint density at radius 2 is 2.28 bits per heavy atom. The van der Waals surface area contributed by atoms with E-state index in [9.17, 15) is 4.79 Å². The van der Waals surface area contributed by atoms with Crippen molar-refractivity contribution >= 4 is 28.0 Å². The zero-order valence-corrected chi connectivity index (χ0v) is 10.5. The van der Waals surface area contributed by atoms with Crippen LogP contribution in [-0.2, 0) is 4.74 Å². The minimum absolute atomic E-state index is 0.379. The molecule has 90 valence electrons. The summed E-state index contributed by atoms with van der Waals surface area (Å²) < 4.78 is 4.69. The van der Waals surface area contributed by atoms with E-state index in [-0.39, 0.29) is 5.97 Å². The summed E-state index contributed by atoms with van der Waals surface area (Å²) in [5.41, 5.74) is 1.82. The van der Waals surface area contributed by atoms with Crippen molar-refractivity contribution in [2.45, 2.75) is 0 Å². The van der Waals surface area contributed by atoms with E-state index in [4.69, 9.17) is 10.00 Å². The van der Waals surface area contributed by atoms with Crippen molar-refractivity contribution in [1.29, 1.82) is 5.26 Å². The van der Waals surface area contributed by atoms with Gasteiger partial charge in [0.15, 0.2) is 0 Å². The number of nitrogens with zero attached hydrogens (tertiary/aromatic N) is 1. The Bertz CT molecular complexity index is 613. The van der Waals surface area contributed by atoms with E-state index in [1.165, 1.54) is 18.4 Å². The van der Waals surface area contributed by atoms with Gasteiger partial charge in [0.05, 0.1) is 24.3 Å². The number of esters is 1. The molecule has 2 rings (SSSR count). The van der Waals surface area contributed by atoms with Crippen LogP contribution in [-0.4, -0.2) is 13.1 Å². The molecule has 0 amide bonds. The molecule has 0 radical (unpaired) electrons. The fraction of sp³-hybridized carbons (Fsp3) is 0.0769. The highest BCUT2D eigenvalue weighted by Crippen LogP contribution is 2.27. The number of carbonyl (C=O) groups excluding carboxylic acids is 1. The van der Waals surface area contributed by atoms with Gasteiger partial charge < -0.3 is 10.1 Å². The number of rotatable bonds is 3. The third-order valence-corrected chi connectivity index (χ3v) is 3.15. The molecule has 4 nitrogen and oxygen atoms in total. The van der Waals surface area contributed by atoms with E-state index in [1.54, 1.807) is 24.3 Å². The fourth-order valence-corrected chi connectivity index (χ4v) is 2.27. The van der Waals surface area contributed by atoms with E-state index < -0.39 is 0 Å². The van der Waals surface area contributed by atoms with Crippen LogP contribution < -0.4 is 5.32 Å². The van der Waals surface area contributed by atoms with Crippen molar-refractivity contribution in [3.05, 3.63) is 46.8 Å². The second kappa shape index (κ2) is 5.34. The highest BCUT2D eigenvalue weighted by atomic mass is 32.1. The monoisotopic (exact) mass is 258 g/mol. The van der Waals surface area contributed by atoms with Gasteiger partial charge in [-0.1, -0.05) is 6.07 Å². The number of nitrogens with one attached hydrogen (secondary N) is 1. The van der Waals surface area contributed by atoms with E-state index in [2.05, 4.69) is 11.4 Å². The molecule has 0 aliphatic rings. The van der Waals surface area contributed by atoms with Crippen LogP contribution in [0.15, 0.2) is 35.7 Å². The second-order valence-electron chi connectivity index (χ2n) is 3.47. The molecule has 1 heterocycles. The number of benzene rings is 1. The average molecular weight is 258 g/mol. The molecule has 0 saturated carbocycles. The fourth-order valence-electron chi connectivity index (χ4n) is 1.47. The summed E-state index contributed by atoms with van der Waals surface area (Å²) in [6.45, 7) is 0. The van der Waals surface area contributed by atoms with Crippen molar-refractivity contribution in [1.82, 2.24) is 0 Å². The molecular formula is C13H10N2O2S. The standard InChI is InChI=1S/C13H10N2O2S/c1-17-13(16)11-5-6-18-12(11)15-10-4-2-3-9(7-10)8-14/h2-7,15H,1H3. The Morgan fingerprint density at radius 3 is 3.00 bits per heavy atom. The molecule has 0 aliphatic carbocycles. The van der Waals surface area contributed by atoms with Crippen LogP contribution in [0.2, 0.25) is 0 Å². The molecule has 0 bridgehead atoms. The van der Waals surface area contributed by atoms with Gasteiger partial charge in [-0.2, -0.15) is 5.26 Å². The molecule has 0 aliphatic heterocycles. The minimum Gasteiger partial charge on any atom is -0.465 e. The van der Waals surface area contributed by atoms with E-state index >= 15 is 0 Å². The third-order valence-electron chi connectivity index (χ3n) is 2.32. The van der Waals surface area contributed by atoms with Gasteiger partial charge in [0.2, 0.25) is 0 Å². The van der Waals surface area contributed by atoms with Gasteiger partial charge in [-0.3, -0.25) is 0 Å². The van der Waals surface area contributed by atoms with Gasteiger partial charge in [-0.15, -0.1) is 11.3 Å². The molecule has 0 spiro atoms. The predicted molar refractivity (Wildman–Crippen MR) is 70.1 cm³/mol. The van der Waals surface area contributed by atoms with E-state index in [1.807, 2.05) is 11.4 Å². The molecule has 1 aromatic carbocycles.